The minimum atomic E-state index is -0.218. The minimum absolute atomic E-state index is 0.218. The number of benzene rings is 1. The Bertz CT molecular complexity index is 320. The molecular weight excluding hydrogens is 176 g/mol. The van der Waals surface area contributed by atoms with Crippen molar-refractivity contribution in [3.05, 3.63) is 24.3 Å². The van der Waals surface area contributed by atoms with Crippen LogP contribution in [0.4, 0.5) is 11.4 Å². The summed E-state index contributed by atoms with van der Waals surface area (Å²) in [5.74, 6) is 0. The fraction of sp³-hybridized carbons (Fsp3) is 0.455. The molecule has 74 valence electrons. The summed E-state index contributed by atoms with van der Waals surface area (Å²) in [5.41, 5.74) is 2.55. The molecule has 1 fully saturated rings. The summed E-state index contributed by atoms with van der Waals surface area (Å²) in [6, 6.07) is 8.40. The van der Waals surface area contributed by atoms with Crippen LogP contribution in [0.15, 0.2) is 24.3 Å². The fourth-order valence-corrected chi connectivity index (χ4v) is 2.43. The minimum Gasteiger partial charge on any atom is -0.389 e. The average molecular weight is 190 g/mol. The van der Waals surface area contributed by atoms with E-state index in [1.807, 2.05) is 0 Å². The van der Waals surface area contributed by atoms with Gasteiger partial charge in [-0.3, -0.25) is 0 Å². The van der Waals surface area contributed by atoms with Crippen molar-refractivity contribution in [1.82, 2.24) is 0 Å². The lowest BCUT2D eigenvalue weighted by molar-refractivity contribution is 0.193. The van der Waals surface area contributed by atoms with E-state index in [0.29, 0.717) is 0 Å². The highest BCUT2D eigenvalue weighted by Crippen LogP contribution is 2.34. The summed E-state index contributed by atoms with van der Waals surface area (Å²) >= 11 is 0. The molecule has 0 spiro atoms. The number of hydrogen-bond donors (Lipinski definition) is 1. The summed E-state index contributed by atoms with van der Waals surface area (Å²) in [6.45, 7) is 3.61. The summed E-state index contributed by atoms with van der Waals surface area (Å²) < 4.78 is 0. The number of para-hydroxylation sites is 2. The molecule has 3 heterocycles. The van der Waals surface area contributed by atoms with Crippen molar-refractivity contribution in [3.63, 3.8) is 0 Å². The molecule has 0 aromatic heterocycles. The van der Waals surface area contributed by atoms with Gasteiger partial charge < -0.3 is 14.9 Å². The van der Waals surface area contributed by atoms with E-state index in [-0.39, 0.29) is 6.10 Å². The Hall–Kier alpha value is -1.22. The van der Waals surface area contributed by atoms with Gasteiger partial charge >= 0.3 is 0 Å². The molecule has 1 saturated heterocycles. The van der Waals surface area contributed by atoms with Gasteiger partial charge in [0.15, 0.2) is 0 Å². The molecule has 0 radical (unpaired) electrons. The Balaban J connectivity index is 2.11. The quantitative estimate of drug-likeness (QED) is 0.652. The van der Waals surface area contributed by atoms with E-state index < -0.39 is 0 Å². The number of nitrogens with zero attached hydrogens (tertiary/aromatic N) is 2. The summed E-state index contributed by atoms with van der Waals surface area (Å²) in [6.07, 6.45) is -0.218. The van der Waals surface area contributed by atoms with Crippen LogP contribution in [0.25, 0.3) is 0 Å². The normalized spacial score (nSPS) is 20.9. The third-order valence-corrected chi connectivity index (χ3v) is 3.07. The third kappa shape index (κ3) is 1.09. The van der Waals surface area contributed by atoms with Crippen LogP contribution in [0, 0.1) is 0 Å². The molecule has 3 heteroatoms. The molecule has 0 unspecified atom stereocenters. The van der Waals surface area contributed by atoms with Gasteiger partial charge in [0.25, 0.3) is 0 Å². The number of aliphatic hydroxyl groups is 1. The summed E-state index contributed by atoms with van der Waals surface area (Å²) in [4.78, 5) is 4.56. The van der Waals surface area contributed by atoms with Crippen LogP contribution < -0.4 is 9.80 Å². The van der Waals surface area contributed by atoms with Gasteiger partial charge in [-0.1, -0.05) is 12.1 Å². The predicted octanol–water partition coefficient (Wildman–Crippen LogP) is 0.687. The fourth-order valence-electron chi connectivity index (χ4n) is 2.43. The molecule has 3 aliphatic rings. The average Bonchev–Trinajstić information content (AvgIpc) is 2.47. The highest BCUT2D eigenvalue weighted by molar-refractivity contribution is 5.74. The molecule has 0 atom stereocenters. The molecule has 3 nitrogen and oxygen atoms in total. The molecule has 1 aromatic rings. The molecule has 1 N–H and O–H groups in total. The van der Waals surface area contributed by atoms with Crippen molar-refractivity contribution in [3.8, 4) is 0 Å². The second-order valence-electron chi connectivity index (χ2n) is 4.03. The smallest absolute Gasteiger partial charge is 0.0889 e. The maximum absolute atomic E-state index is 9.76. The van der Waals surface area contributed by atoms with Gasteiger partial charge in [0, 0.05) is 26.2 Å². The number of anilines is 2. The van der Waals surface area contributed by atoms with E-state index in [9.17, 15) is 5.11 Å². The zero-order valence-electron chi connectivity index (χ0n) is 8.06. The topological polar surface area (TPSA) is 26.7 Å². The van der Waals surface area contributed by atoms with Gasteiger partial charge in [-0.15, -0.1) is 0 Å². The van der Waals surface area contributed by atoms with Crippen LogP contribution in [0.3, 0.4) is 0 Å². The zero-order chi connectivity index (χ0) is 9.54. The molecule has 0 saturated carbocycles. The number of hydrogen-bond acceptors (Lipinski definition) is 3. The van der Waals surface area contributed by atoms with Crippen molar-refractivity contribution in [2.24, 2.45) is 0 Å². The molecule has 14 heavy (non-hydrogen) atoms. The first-order chi connectivity index (χ1) is 6.84. The number of aliphatic hydroxyl groups excluding tert-OH is 1. The van der Waals surface area contributed by atoms with Crippen molar-refractivity contribution in [1.29, 1.82) is 0 Å². The molecule has 2 bridgehead atoms. The second-order valence-corrected chi connectivity index (χ2v) is 4.03. The molecule has 0 aliphatic carbocycles. The van der Waals surface area contributed by atoms with E-state index >= 15 is 0 Å². The van der Waals surface area contributed by atoms with Crippen LogP contribution in [-0.4, -0.2) is 37.4 Å². The lowest BCUT2D eigenvalue weighted by Crippen LogP contribution is -2.36. The van der Waals surface area contributed by atoms with Gasteiger partial charge in [0.05, 0.1) is 17.5 Å². The first-order valence-corrected chi connectivity index (χ1v) is 5.11. The Morgan fingerprint density at radius 1 is 1.00 bits per heavy atom. The van der Waals surface area contributed by atoms with Gasteiger partial charge in [-0.2, -0.15) is 0 Å². The van der Waals surface area contributed by atoms with E-state index in [1.165, 1.54) is 11.4 Å². The van der Waals surface area contributed by atoms with Crippen molar-refractivity contribution < 1.29 is 5.11 Å². The molecule has 4 rings (SSSR count). The molecule has 0 amide bonds. The van der Waals surface area contributed by atoms with Gasteiger partial charge in [-0.05, 0) is 12.1 Å². The third-order valence-electron chi connectivity index (χ3n) is 3.07. The highest BCUT2D eigenvalue weighted by Gasteiger charge is 2.29. The van der Waals surface area contributed by atoms with Crippen LogP contribution in [0.2, 0.25) is 0 Å². The first-order valence-electron chi connectivity index (χ1n) is 5.11. The van der Waals surface area contributed by atoms with Gasteiger partial charge in [-0.25, -0.2) is 0 Å². The number of fused-ring (bicyclic) bond motifs is 3. The molecule has 1 aromatic carbocycles. The van der Waals surface area contributed by atoms with Crippen LogP contribution in [0.1, 0.15) is 0 Å². The molecular formula is C11H14N2O. The largest absolute Gasteiger partial charge is 0.389 e. The Labute approximate surface area is 83.6 Å². The Kier molecular flexibility index (Phi) is 1.67. The zero-order valence-corrected chi connectivity index (χ0v) is 8.06. The van der Waals surface area contributed by atoms with E-state index in [2.05, 4.69) is 34.1 Å². The predicted molar refractivity (Wildman–Crippen MR) is 56.9 cm³/mol. The summed E-state index contributed by atoms with van der Waals surface area (Å²) in [7, 11) is 0. The van der Waals surface area contributed by atoms with Crippen LogP contribution in [0.5, 0.6) is 0 Å². The monoisotopic (exact) mass is 190 g/mol. The maximum Gasteiger partial charge on any atom is 0.0889 e. The van der Waals surface area contributed by atoms with Crippen molar-refractivity contribution in [2.75, 3.05) is 36.0 Å². The van der Waals surface area contributed by atoms with Crippen LogP contribution >= 0.6 is 0 Å². The second kappa shape index (κ2) is 2.89. The SMILES string of the molecule is OC1CN2CCN(C1)c1ccccc12. The standard InChI is InChI=1S/C11H14N2O/c14-9-7-12-5-6-13(8-9)11-4-2-1-3-10(11)12/h1-4,9,14H,5-8H2. The van der Waals surface area contributed by atoms with E-state index in [4.69, 9.17) is 0 Å². The summed E-state index contributed by atoms with van der Waals surface area (Å²) in [5, 5.41) is 9.76. The van der Waals surface area contributed by atoms with E-state index in [0.717, 1.165) is 26.2 Å². The lowest BCUT2D eigenvalue weighted by atomic mass is 10.2. The first kappa shape index (κ1) is 8.12. The highest BCUT2D eigenvalue weighted by atomic mass is 16.3. The van der Waals surface area contributed by atoms with Crippen molar-refractivity contribution >= 4 is 11.4 Å². The lowest BCUT2D eigenvalue weighted by Gasteiger charge is -2.33. The maximum atomic E-state index is 9.76. The van der Waals surface area contributed by atoms with Crippen LogP contribution in [-0.2, 0) is 0 Å². The van der Waals surface area contributed by atoms with Gasteiger partial charge in [0.2, 0.25) is 0 Å². The Morgan fingerprint density at radius 3 is 2.00 bits per heavy atom. The molecule has 3 aliphatic heterocycles. The number of rotatable bonds is 0. The van der Waals surface area contributed by atoms with Crippen molar-refractivity contribution in [2.45, 2.75) is 6.10 Å². The van der Waals surface area contributed by atoms with Gasteiger partial charge in [0.1, 0.15) is 0 Å². The van der Waals surface area contributed by atoms with E-state index in [1.54, 1.807) is 0 Å². The Morgan fingerprint density at radius 2 is 1.50 bits per heavy atom.